The molecule has 0 aliphatic rings. The van der Waals surface area contributed by atoms with Gasteiger partial charge in [-0.3, -0.25) is 5.43 Å². The maximum atomic E-state index is 13.1. The predicted molar refractivity (Wildman–Crippen MR) is 105 cm³/mol. The molecule has 2 aromatic heterocycles. The van der Waals surface area contributed by atoms with Crippen LogP contribution in [0.3, 0.4) is 0 Å². The fourth-order valence-electron chi connectivity index (χ4n) is 2.67. The number of benzene rings is 2. The van der Waals surface area contributed by atoms with Crippen LogP contribution >= 0.6 is 0 Å². The number of aromatic nitrogens is 4. The first-order valence-corrected chi connectivity index (χ1v) is 8.70. The predicted octanol–water partition coefficient (Wildman–Crippen LogP) is 4.53. The zero-order valence-electron chi connectivity index (χ0n) is 15.5. The minimum Gasteiger partial charge on any atom is -0.337 e. The van der Waals surface area contributed by atoms with Gasteiger partial charge in [-0.05, 0) is 34.9 Å². The standard InChI is InChI=1S/C19H14F3N7O/c1-11-6-2-5-9-14(11)24-15-16(26-18-17(25-15)28-30-29-18)27-23-10-12-7-3-4-8-13(12)19(20,21)22/h2-10H,1H3,(H,24,25,28)(H,26,27,29). The molecule has 11 heteroatoms. The molecule has 4 aromatic rings. The van der Waals surface area contributed by atoms with Crippen molar-refractivity contribution in [3.8, 4) is 0 Å². The molecule has 0 aliphatic carbocycles. The molecular weight excluding hydrogens is 399 g/mol. The number of aryl methyl sites for hydroxylation is 1. The van der Waals surface area contributed by atoms with Gasteiger partial charge in [0.05, 0.1) is 11.8 Å². The van der Waals surface area contributed by atoms with Crippen molar-refractivity contribution >= 4 is 34.8 Å². The molecule has 4 rings (SSSR count). The van der Waals surface area contributed by atoms with Crippen LogP contribution in [0.5, 0.6) is 0 Å². The summed E-state index contributed by atoms with van der Waals surface area (Å²) in [7, 11) is 0. The van der Waals surface area contributed by atoms with Crippen LogP contribution in [-0.4, -0.2) is 26.5 Å². The van der Waals surface area contributed by atoms with Crippen molar-refractivity contribution in [2.45, 2.75) is 13.1 Å². The number of anilines is 3. The Morgan fingerprint density at radius 3 is 2.33 bits per heavy atom. The molecule has 0 aliphatic heterocycles. The van der Waals surface area contributed by atoms with E-state index in [9.17, 15) is 13.2 Å². The van der Waals surface area contributed by atoms with E-state index in [0.29, 0.717) is 0 Å². The van der Waals surface area contributed by atoms with Gasteiger partial charge in [0.2, 0.25) is 11.3 Å². The second-order valence-electron chi connectivity index (χ2n) is 6.23. The monoisotopic (exact) mass is 413 g/mol. The Balaban J connectivity index is 1.66. The van der Waals surface area contributed by atoms with Crippen LogP contribution in [-0.2, 0) is 6.18 Å². The third-order valence-electron chi connectivity index (χ3n) is 4.15. The Bertz CT molecular complexity index is 1220. The minimum absolute atomic E-state index is 0.0944. The maximum absolute atomic E-state index is 13.1. The molecule has 0 atom stereocenters. The van der Waals surface area contributed by atoms with Crippen LogP contribution in [0.25, 0.3) is 11.3 Å². The maximum Gasteiger partial charge on any atom is 0.417 e. The Labute approximate surface area is 167 Å². The molecule has 0 amide bonds. The van der Waals surface area contributed by atoms with E-state index in [0.717, 1.165) is 23.5 Å². The number of hydrogen-bond donors (Lipinski definition) is 2. The number of rotatable bonds is 5. The number of nitrogens with one attached hydrogen (secondary N) is 2. The molecule has 0 spiro atoms. The minimum atomic E-state index is -4.49. The fraction of sp³-hybridized carbons (Fsp3) is 0.105. The van der Waals surface area contributed by atoms with Crippen molar-refractivity contribution < 1.29 is 17.8 Å². The van der Waals surface area contributed by atoms with Gasteiger partial charge in [-0.2, -0.15) is 23.3 Å². The van der Waals surface area contributed by atoms with E-state index in [1.165, 1.54) is 18.2 Å². The highest BCUT2D eigenvalue weighted by atomic mass is 19.4. The summed E-state index contributed by atoms with van der Waals surface area (Å²) in [5.74, 6) is 0.399. The molecule has 0 bridgehead atoms. The Morgan fingerprint density at radius 2 is 1.60 bits per heavy atom. The summed E-state index contributed by atoms with van der Waals surface area (Å²) in [5, 5.41) is 14.3. The lowest BCUT2D eigenvalue weighted by Crippen LogP contribution is -2.09. The smallest absolute Gasteiger partial charge is 0.337 e. The lowest BCUT2D eigenvalue weighted by molar-refractivity contribution is -0.137. The average molecular weight is 413 g/mol. The number of halogens is 3. The van der Waals surface area contributed by atoms with Crippen molar-refractivity contribution in [2.24, 2.45) is 5.10 Å². The number of hydrogen-bond acceptors (Lipinski definition) is 8. The summed E-state index contributed by atoms with van der Waals surface area (Å²) in [5.41, 5.74) is 3.73. The van der Waals surface area contributed by atoms with Crippen molar-refractivity contribution in [3.05, 3.63) is 65.2 Å². The topological polar surface area (TPSA) is 101 Å². The van der Waals surface area contributed by atoms with Gasteiger partial charge in [-0.15, -0.1) is 0 Å². The number of fused-ring (bicyclic) bond motifs is 1. The zero-order chi connectivity index (χ0) is 21.1. The highest BCUT2D eigenvalue weighted by Crippen LogP contribution is 2.31. The van der Waals surface area contributed by atoms with E-state index in [1.54, 1.807) is 0 Å². The quantitative estimate of drug-likeness (QED) is 0.366. The molecule has 2 heterocycles. The van der Waals surface area contributed by atoms with Crippen LogP contribution in [0.4, 0.5) is 30.5 Å². The molecule has 0 unspecified atom stereocenters. The van der Waals surface area contributed by atoms with Crippen molar-refractivity contribution in [3.63, 3.8) is 0 Å². The molecule has 30 heavy (non-hydrogen) atoms. The largest absolute Gasteiger partial charge is 0.417 e. The number of para-hydroxylation sites is 1. The summed E-state index contributed by atoms with van der Waals surface area (Å²) in [6.07, 6.45) is -3.43. The van der Waals surface area contributed by atoms with Gasteiger partial charge >= 0.3 is 6.18 Å². The third-order valence-corrected chi connectivity index (χ3v) is 4.15. The first-order chi connectivity index (χ1) is 14.4. The van der Waals surface area contributed by atoms with Gasteiger partial charge in [0, 0.05) is 11.3 Å². The zero-order valence-corrected chi connectivity index (χ0v) is 15.5. The highest BCUT2D eigenvalue weighted by Gasteiger charge is 2.32. The van der Waals surface area contributed by atoms with Gasteiger partial charge in [0.1, 0.15) is 0 Å². The normalized spacial score (nSPS) is 11.9. The number of hydrazone groups is 1. The lowest BCUT2D eigenvalue weighted by Gasteiger charge is -2.11. The van der Waals surface area contributed by atoms with E-state index in [-0.39, 0.29) is 28.5 Å². The molecule has 152 valence electrons. The van der Waals surface area contributed by atoms with Crippen LogP contribution in [0.1, 0.15) is 16.7 Å². The molecule has 0 saturated heterocycles. The summed E-state index contributed by atoms with van der Waals surface area (Å²) in [6.45, 7) is 1.91. The molecular formula is C19H14F3N7O. The van der Waals surface area contributed by atoms with Crippen molar-refractivity contribution in [1.29, 1.82) is 0 Å². The molecule has 0 radical (unpaired) electrons. The number of alkyl halides is 3. The Kier molecular flexibility index (Phi) is 5.00. The molecule has 8 nitrogen and oxygen atoms in total. The van der Waals surface area contributed by atoms with Gasteiger partial charge in [-0.1, -0.05) is 36.4 Å². The van der Waals surface area contributed by atoms with Crippen LogP contribution in [0.15, 0.2) is 58.3 Å². The molecule has 0 fully saturated rings. The van der Waals surface area contributed by atoms with Gasteiger partial charge in [-0.25, -0.2) is 9.61 Å². The van der Waals surface area contributed by atoms with Crippen LogP contribution in [0.2, 0.25) is 0 Å². The Morgan fingerprint density at radius 1 is 0.933 bits per heavy atom. The van der Waals surface area contributed by atoms with Gasteiger partial charge in [0.15, 0.2) is 11.6 Å². The SMILES string of the molecule is Cc1ccccc1Nc1nc2nonc2nc1NN=Cc1ccccc1C(F)(F)F. The van der Waals surface area contributed by atoms with E-state index in [1.807, 2.05) is 31.2 Å². The first kappa shape index (κ1) is 19.3. The summed E-state index contributed by atoms with van der Waals surface area (Å²) >= 11 is 0. The summed E-state index contributed by atoms with van der Waals surface area (Å²) in [6, 6.07) is 12.6. The van der Waals surface area contributed by atoms with Crippen molar-refractivity contribution in [1.82, 2.24) is 20.3 Å². The lowest BCUT2D eigenvalue weighted by atomic mass is 10.1. The fourth-order valence-corrected chi connectivity index (χ4v) is 2.67. The molecule has 0 saturated carbocycles. The van der Waals surface area contributed by atoms with Gasteiger partial charge in [0.25, 0.3) is 0 Å². The van der Waals surface area contributed by atoms with E-state index >= 15 is 0 Å². The van der Waals surface area contributed by atoms with E-state index in [2.05, 4.69) is 40.8 Å². The third kappa shape index (κ3) is 4.04. The van der Waals surface area contributed by atoms with Gasteiger partial charge < -0.3 is 5.32 Å². The molecule has 2 N–H and O–H groups in total. The average Bonchev–Trinajstić information content (AvgIpc) is 3.16. The summed E-state index contributed by atoms with van der Waals surface area (Å²) < 4.78 is 44.1. The molecule has 2 aromatic carbocycles. The number of nitrogens with zero attached hydrogens (tertiary/aromatic N) is 5. The van der Waals surface area contributed by atoms with Crippen LogP contribution < -0.4 is 10.7 Å². The first-order valence-electron chi connectivity index (χ1n) is 8.70. The second-order valence-corrected chi connectivity index (χ2v) is 6.23. The summed E-state index contributed by atoms with van der Waals surface area (Å²) in [4.78, 5) is 8.52. The van der Waals surface area contributed by atoms with Crippen molar-refractivity contribution in [2.75, 3.05) is 10.7 Å². The Hall–Kier alpha value is -4.02. The van der Waals surface area contributed by atoms with Crippen LogP contribution in [0, 0.1) is 6.92 Å². The van der Waals surface area contributed by atoms with E-state index in [4.69, 9.17) is 0 Å². The highest BCUT2D eigenvalue weighted by molar-refractivity contribution is 5.83. The van der Waals surface area contributed by atoms with E-state index < -0.39 is 11.7 Å². The second kappa shape index (κ2) is 7.78.